The molecule has 5 rings (SSSR count). The van der Waals surface area contributed by atoms with Crippen LogP contribution in [0, 0.1) is 38.7 Å². The molecule has 0 aliphatic heterocycles. The molecule has 3 N–H and O–H groups in total. The van der Waals surface area contributed by atoms with Crippen LogP contribution in [0.2, 0.25) is 0 Å². The van der Waals surface area contributed by atoms with E-state index in [0.717, 1.165) is 50.7 Å². The van der Waals surface area contributed by atoms with Gasteiger partial charge in [0.25, 0.3) is 5.91 Å². The zero-order chi connectivity index (χ0) is 31.2. The summed E-state index contributed by atoms with van der Waals surface area (Å²) in [6, 6.07) is 2.62. The fourth-order valence-corrected chi connectivity index (χ4v) is 8.32. The highest BCUT2D eigenvalue weighted by Gasteiger charge is 2.62. The van der Waals surface area contributed by atoms with Crippen molar-refractivity contribution in [1.29, 1.82) is 0 Å². The second kappa shape index (κ2) is 11.4. The Bertz CT molecular complexity index is 1400. The van der Waals surface area contributed by atoms with Crippen molar-refractivity contribution in [3.63, 3.8) is 0 Å². The summed E-state index contributed by atoms with van der Waals surface area (Å²) in [5.41, 5.74) is 1.08. The van der Waals surface area contributed by atoms with Gasteiger partial charge in [-0.3, -0.25) is 14.9 Å². The Morgan fingerprint density at radius 2 is 1.93 bits per heavy atom. The zero-order valence-electron chi connectivity index (χ0n) is 25.2. The van der Waals surface area contributed by atoms with Gasteiger partial charge in [0.15, 0.2) is 12.4 Å². The van der Waals surface area contributed by atoms with Crippen molar-refractivity contribution >= 4 is 23.3 Å². The quantitative estimate of drug-likeness (QED) is 0.227. The number of rotatable bonds is 8. The molecule has 0 saturated heterocycles. The number of carbonyl (C=O) groups is 2. The maximum absolute atomic E-state index is 12.6. The van der Waals surface area contributed by atoms with Crippen molar-refractivity contribution in [1.82, 2.24) is 5.32 Å². The molecule has 0 heterocycles. The Morgan fingerprint density at radius 1 is 1.19 bits per heavy atom. The smallest absolute Gasteiger partial charge is 0.328 e. The number of phenols is 1. The van der Waals surface area contributed by atoms with Crippen molar-refractivity contribution in [3.8, 4) is 5.75 Å². The van der Waals surface area contributed by atoms with Crippen LogP contribution in [0.5, 0.6) is 5.75 Å². The third kappa shape index (κ3) is 5.55. The minimum Gasteiger partial charge on any atom is -0.502 e. The first kappa shape index (κ1) is 30.7. The molecule has 43 heavy (non-hydrogen) atoms. The highest BCUT2D eigenvalue weighted by atomic mass is 16.6. The van der Waals surface area contributed by atoms with Gasteiger partial charge in [0, 0.05) is 17.9 Å². The van der Waals surface area contributed by atoms with E-state index in [0.29, 0.717) is 29.0 Å². The number of nitrogens with zero attached hydrogens (tertiary/aromatic N) is 2. The van der Waals surface area contributed by atoms with E-state index in [4.69, 9.17) is 9.57 Å². The number of nitro groups is 1. The van der Waals surface area contributed by atoms with E-state index < -0.39 is 46.5 Å². The summed E-state index contributed by atoms with van der Waals surface area (Å²) < 4.78 is 4.79. The molecule has 232 valence electrons. The van der Waals surface area contributed by atoms with E-state index in [1.165, 1.54) is 18.7 Å². The number of aliphatic hydroxyl groups is 1. The number of carbonyl (C=O) groups excluding carboxylic acids is 2. The lowest BCUT2D eigenvalue weighted by Gasteiger charge is -2.58. The van der Waals surface area contributed by atoms with Crippen LogP contribution in [0.3, 0.4) is 0 Å². The second-order valence-electron chi connectivity index (χ2n) is 13.2. The van der Waals surface area contributed by atoms with Crippen LogP contribution in [0.1, 0.15) is 64.9 Å². The zero-order valence-corrected chi connectivity index (χ0v) is 25.2. The van der Waals surface area contributed by atoms with Gasteiger partial charge < -0.3 is 25.1 Å². The molecule has 1 amide bonds. The molecule has 0 aromatic heterocycles. The summed E-state index contributed by atoms with van der Waals surface area (Å²) in [5.74, 6) is -0.214. The van der Waals surface area contributed by atoms with Gasteiger partial charge in [0.05, 0.1) is 17.6 Å². The minimum absolute atomic E-state index is 0.0277. The van der Waals surface area contributed by atoms with Crippen LogP contribution in [0.4, 0.5) is 5.69 Å². The van der Waals surface area contributed by atoms with Crippen molar-refractivity contribution < 1.29 is 34.3 Å². The molecule has 1 aromatic carbocycles. The van der Waals surface area contributed by atoms with Crippen LogP contribution in [0.15, 0.2) is 47.2 Å². The average Bonchev–Trinajstić information content (AvgIpc) is 3.21. The van der Waals surface area contributed by atoms with Gasteiger partial charge in [-0.2, -0.15) is 0 Å². The van der Waals surface area contributed by atoms with Gasteiger partial charge >= 0.3 is 11.7 Å². The molecule has 0 spiro atoms. The number of aromatic hydroxyl groups is 1. The number of hydrogen-bond donors (Lipinski definition) is 3. The molecule has 0 unspecified atom stereocenters. The van der Waals surface area contributed by atoms with E-state index >= 15 is 0 Å². The fraction of sp³-hybridized carbons (Fsp3) is 0.594. The van der Waals surface area contributed by atoms with Crippen molar-refractivity contribution in [2.45, 2.75) is 77.4 Å². The maximum Gasteiger partial charge on any atom is 0.328 e. The minimum atomic E-state index is -1.12. The molecule has 4 aliphatic rings. The largest absolute Gasteiger partial charge is 0.502 e. The molecule has 7 atom stereocenters. The second-order valence-corrected chi connectivity index (χ2v) is 13.2. The molecule has 1 aromatic rings. The standard InChI is InChI=1S/C32H41N3O8/c1-30-12-9-21(17-20(30)6-7-22-23(30)10-13-31(2)24(22)11-14-32(31,3)39)34-43-18-28(37)33-25(29(38)42-4)15-19-5-8-27(36)26(16-19)35(40)41/h5,8-9,12,16-17,22-25,36,39H,6-7,10-11,13-15,18H2,1-4H3,(H,33,37)/t22-,23+,24-,25+,30+,31+,32+/m1/s1. The molecule has 4 aliphatic carbocycles. The van der Waals surface area contributed by atoms with Crippen LogP contribution in [0.25, 0.3) is 0 Å². The van der Waals surface area contributed by atoms with Crippen LogP contribution in [-0.2, 0) is 25.6 Å². The molecular formula is C32H41N3O8. The first-order chi connectivity index (χ1) is 20.3. The molecule has 11 nitrogen and oxygen atoms in total. The summed E-state index contributed by atoms with van der Waals surface area (Å²) in [4.78, 5) is 40.7. The number of oxime groups is 1. The Labute approximate surface area is 251 Å². The van der Waals surface area contributed by atoms with Gasteiger partial charge in [-0.15, -0.1) is 0 Å². The number of ether oxygens (including phenoxy) is 1. The summed E-state index contributed by atoms with van der Waals surface area (Å²) in [5, 5.41) is 38.7. The van der Waals surface area contributed by atoms with Gasteiger partial charge in [-0.05, 0) is 92.4 Å². The summed E-state index contributed by atoms with van der Waals surface area (Å²) in [6.45, 7) is 6.18. The molecule has 0 bridgehead atoms. The first-order valence-corrected chi connectivity index (χ1v) is 14.9. The molecule has 3 fully saturated rings. The van der Waals surface area contributed by atoms with Crippen molar-refractivity contribution in [3.05, 3.63) is 57.7 Å². The van der Waals surface area contributed by atoms with E-state index in [9.17, 15) is 29.9 Å². The summed E-state index contributed by atoms with van der Waals surface area (Å²) in [6.07, 6.45) is 12.2. The van der Waals surface area contributed by atoms with Gasteiger partial charge in [0.1, 0.15) is 11.8 Å². The van der Waals surface area contributed by atoms with E-state index in [1.807, 2.05) is 13.0 Å². The number of nitro benzene ring substituents is 1. The normalized spacial score (nSPS) is 34.3. The summed E-state index contributed by atoms with van der Waals surface area (Å²) in [7, 11) is 1.18. The van der Waals surface area contributed by atoms with Gasteiger partial charge in [-0.1, -0.05) is 36.7 Å². The Hall–Kier alpha value is -3.73. The van der Waals surface area contributed by atoms with E-state index in [2.05, 4.69) is 36.5 Å². The van der Waals surface area contributed by atoms with Gasteiger partial charge in [-0.25, -0.2) is 4.79 Å². The van der Waals surface area contributed by atoms with Crippen LogP contribution >= 0.6 is 0 Å². The van der Waals surface area contributed by atoms with Gasteiger partial charge in [0.2, 0.25) is 0 Å². The lowest BCUT2D eigenvalue weighted by Crippen LogP contribution is -2.53. The number of fused-ring (bicyclic) bond motifs is 5. The molecular weight excluding hydrogens is 554 g/mol. The van der Waals surface area contributed by atoms with E-state index in [-0.39, 0.29) is 17.3 Å². The third-order valence-corrected chi connectivity index (χ3v) is 11.0. The monoisotopic (exact) mass is 595 g/mol. The Balaban J connectivity index is 1.20. The number of phenolic OH excluding ortho intramolecular Hbond substituents is 1. The highest BCUT2D eigenvalue weighted by Crippen LogP contribution is 2.66. The van der Waals surface area contributed by atoms with Crippen molar-refractivity contribution in [2.75, 3.05) is 13.7 Å². The molecule has 11 heteroatoms. The maximum atomic E-state index is 12.6. The number of nitrogens with one attached hydrogen (secondary N) is 1. The number of allylic oxidation sites excluding steroid dienone is 4. The SMILES string of the molecule is COC(=O)[C@H](Cc1ccc(O)c([N+](=O)[O-])c1)NC(=O)CON=C1C=C[C@@]2(C)C(=C1)CC[C@H]1[C@H]3CC[C@](C)(O)[C@@]3(C)CC[C@@H]12. The number of hydrogen-bond acceptors (Lipinski definition) is 9. The van der Waals surface area contributed by atoms with Crippen molar-refractivity contribution in [2.24, 2.45) is 33.7 Å². The predicted octanol–water partition coefficient (Wildman–Crippen LogP) is 4.36. The topological polar surface area (TPSA) is 161 Å². The number of esters is 1. The average molecular weight is 596 g/mol. The highest BCUT2D eigenvalue weighted by molar-refractivity contribution is 6.05. The lowest BCUT2D eigenvalue weighted by atomic mass is 9.47. The fourth-order valence-electron chi connectivity index (χ4n) is 8.32. The number of amides is 1. The van der Waals surface area contributed by atoms with E-state index in [1.54, 1.807) is 0 Å². The molecule has 0 radical (unpaired) electrons. The number of methoxy groups -OCH3 is 1. The Morgan fingerprint density at radius 3 is 2.65 bits per heavy atom. The van der Waals surface area contributed by atoms with Crippen LogP contribution in [-0.4, -0.2) is 58.1 Å². The molecule has 3 saturated carbocycles. The Kier molecular flexibility index (Phi) is 8.15. The lowest BCUT2D eigenvalue weighted by molar-refractivity contribution is -0.385. The number of benzene rings is 1. The van der Waals surface area contributed by atoms with Crippen LogP contribution < -0.4 is 5.32 Å². The third-order valence-electron chi connectivity index (χ3n) is 11.0. The predicted molar refractivity (Wildman–Crippen MR) is 158 cm³/mol. The first-order valence-electron chi connectivity index (χ1n) is 14.9. The summed E-state index contributed by atoms with van der Waals surface area (Å²) >= 11 is 0.